The number of hydrogen-bond acceptors (Lipinski definition) is 2. The minimum atomic E-state index is -3.79. The molecule has 1 aromatic carbocycles. The molecule has 0 aromatic heterocycles. The average molecular weight is 324 g/mol. The lowest BCUT2D eigenvalue weighted by Crippen LogP contribution is -1.92. The van der Waals surface area contributed by atoms with Gasteiger partial charge in [0.25, 0.3) is 9.05 Å². The molecule has 13 heavy (non-hydrogen) atoms. The van der Waals surface area contributed by atoms with Crippen molar-refractivity contribution in [2.75, 3.05) is 0 Å². The van der Waals surface area contributed by atoms with Crippen molar-refractivity contribution in [1.82, 2.24) is 0 Å². The smallest absolute Gasteiger partial charge is 0.207 e. The van der Waals surface area contributed by atoms with E-state index in [4.69, 9.17) is 33.9 Å². The van der Waals surface area contributed by atoms with Gasteiger partial charge in [-0.25, -0.2) is 8.42 Å². The Morgan fingerprint density at radius 3 is 2.23 bits per heavy atom. The number of rotatable bonds is 1. The molecule has 0 aliphatic heterocycles. The highest BCUT2D eigenvalue weighted by atomic mass is 79.9. The van der Waals surface area contributed by atoms with E-state index < -0.39 is 9.05 Å². The summed E-state index contributed by atoms with van der Waals surface area (Å²) in [4.78, 5) is -0.0939. The van der Waals surface area contributed by atoms with E-state index in [0.717, 1.165) is 0 Å². The van der Waals surface area contributed by atoms with Crippen LogP contribution >= 0.6 is 49.8 Å². The van der Waals surface area contributed by atoms with Gasteiger partial charge in [0.15, 0.2) is 0 Å². The third kappa shape index (κ3) is 2.50. The van der Waals surface area contributed by atoms with Gasteiger partial charge >= 0.3 is 0 Å². The zero-order valence-electron chi connectivity index (χ0n) is 5.89. The molecule has 0 amide bonds. The summed E-state index contributed by atoms with van der Waals surface area (Å²) in [6.45, 7) is 0. The predicted octanol–water partition coefficient (Wildman–Crippen LogP) is 3.68. The Bertz CT molecular complexity index is 443. The Hall–Kier alpha value is 0.520. The van der Waals surface area contributed by atoms with Gasteiger partial charge < -0.3 is 0 Å². The fourth-order valence-corrected chi connectivity index (χ4v) is 3.39. The van der Waals surface area contributed by atoms with E-state index in [1.54, 1.807) is 0 Å². The van der Waals surface area contributed by atoms with Crippen molar-refractivity contribution in [3.05, 3.63) is 26.7 Å². The van der Waals surface area contributed by atoms with Crippen molar-refractivity contribution < 1.29 is 8.42 Å². The Balaban J connectivity index is 3.53. The van der Waals surface area contributed by atoms with Crippen LogP contribution in [0.3, 0.4) is 0 Å². The van der Waals surface area contributed by atoms with E-state index in [9.17, 15) is 8.42 Å². The van der Waals surface area contributed by atoms with Gasteiger partial charge in [0.05, 0.1) is 19.4 Å². The topological polar surface area (TPSA) is 34.1 Å². The molecule has 0 saturated carbocycles. The second-order valence-corrected chi connectivity index (χ2v) is 6.22. The van der Waals surface area contributed by atoms with Crippen LogP contribution in [0.5, 0.6) is 0 Å². The highest BCUT2D eigenvalue weighted by molar-refractivity contribution is 9.10. The van der Waals surface area contributed by atoms with Crippen molar-refractivity contribution in [3.8, 4) is 0 Å². The molecule has 2 nitrogen and oxygen atoms in total. The molecule has 0 aliphatic rings. The summed E-state index contributed by atoms with van der Waals surface area (Å²) < 4.78 is 22.1. The first-order chi connectivity index (χ1) is 5.84. The van der Waals surface area contributed by atoms with E-state index in [2.05, 4.69) is 15.9 Å². The van der Waals surface area contributed by atoms with Gasteiger partial charge in [-0.15, -0.1) is 0 Å². The number of benzene rings is 1. The SMILES string of the molecule is O=S(=O)(Cl)c1ccc(Cl)c(Cl)c1Br. The summed E-state index contributed by atoms with van der Waals surface area (Å²) in [5, 5.41) is 0.390. The summed E-state index contributed by atoms with van der Waals surface area (Å²) in [6.07, 6.45) is 0. The van der Waals surface area contributed by atoms with Crippen LogP contribution in [0.1, 0.15) is 0 Å². The normalized spacial score (nSPS) is 11.7. The highest BCUT2D eigenvalue weighted by Crippen LogP contribution is 2.36. The molecule has 72 valence electrons. The molecule has 1 aromatic rings. The van der Waals surface area contributed by atoms with Gasteiger partial charge in [-0.2, -0.15) is 0 Å². The molecule has 0 heterocycles. The predicted molar refractivity (Wildman–Crippen MR) is 57.2 cm³/mol. The van der Waals surface area contributed by atoms with Crippen LogP contribution in [0.2, 0.25) is 10.0 Å². The lowest BCUT2D eigenvalue weighted by atomic mass is 10.4. The standard InChI is InChI=1S/C6H2BrCl3O2S/c7-5-4(13(10,11)12)2-1-3(8)6(5)9/h1-2H. The molecule has 0 aliphatic carbocycles. The summed E-state index contributed by atoms with van der Waals surface area (Å²) in [5.41, 5.74) is 0. The van der Waals surface area contributed by atoms with E-state index in [0.29, 0.717) is 0 Å². The molecule has 0 unspecified atom stereocenters. The minimum Gasteiger partial charge on any atom is -0.207 e. The molecule has 0 bridgehead atoms. The molecule has 0 fully saturated rings. The van der Waals surface area contributed by atoms with Crippen molar-refractivity contribution in [2.24, 2.45) is 0 Å². The maximum absolute atomic E-state index is 11.0. The van der Waals surface area contributed by atoms with Gasteiger partial charge in [0.1, 0.15) is 0 Å². The van der Waals surface area contributed by atoms with Gasteiger partial charge in [0.2, 0.25) is 0 Å². The largest absolute Gasteiger partial charge is 0.262 e. The van der Waals surface area contributed by atoms with Crippen LogP contribution < -0.4 is 0 Å². The quantitative estimate of drug-likeness (QED) is 0.583. The van der Waals surface area contributed by atoms with Crippen molar-refractivity contribution in [2.45, 2.75) is 4.90 Å². The number of hydrogen-bond donors (Lipinski definition) is 0. The van der Waals surface area contributed by atoms with Crippen molar-refractivity contribution >= 4 is 58.9 Å². The minimum absolute atomic E-state index is 0.0939. The Morgan fingerprint density at radius 2 is 1.77 bits per heavy atom. The first kappa shape index (κ1) is 11.6. The second kappa shape index (κ2) is 3.95. The Morgan fingerprint density at radius 1 is 1.23 bits per heavy atom. The molecular formula is C6H2BrCl3O2S. The number of halogens is 4. The Kier molecular flexibility index (Phi) is 3.52. The molecular weight excluding hydrogens is 322 g/mol. The lowest BCUT2D eigenvalue weighted by molar-refractivity contribution is 0.609. The summed E-state index contributed by atoms with van der Waals surface area (Å²) in [6, 6.07) is 2.64. The van der Waals surface area contributed by atoms with Gasteiger partial charge in [-0.05, 0) is 28.1 Å². The van der Waals surface area contributed by atoms with Crippen LogP contribution in [0.15, 0.2) is 21.5 Å². The molecule has 0 atom stereocenters. The zero-order chi connectivity index (χ0) is 10.2. The van der Waals surface area contributed by atoms with Crippen LogP contribution in [-0.2, 0) is 9.05 Å². The molecule has 1 rings (SSSR count). The Labute approximate surface area is 98.3 Å². The van der Waals surface area contributed by atoms with E-state index in [-0.39, 0.29) is 19.4 Å². The molecule has 0 radical (unpaired) electrons. The van der Waals surface area contributed by atoms with E-state index in [1.807, 2.05) is 0 Å². The first-order valence-corrected chi connectivity index (χ1v) is 6.78. The molecule has 0 spiro atoms. The first-order valence-electron chi connectivity index (χ1n) is 2.92. The summed E-state index contributed by atoms with van der Waals surface area (Å²) >= 11 is 14.3. The molecule has 0 N–H and O–H groups in total. The fraction of sp³-hybridized carbons (Fsp3) is 0. The van der Waals surface area contributed by atoms with E-state index in [1.165, 1.54) is 12.1 Å². The van der Waals surface area contributed by atoms with Gasteiger partial charge in [-0.1, -0.05) is 23.2 Å². The third-order valence-electron chi connectivity index (χ3n) is 1.26. The average Bonchev–Trinajstić information content (AvgIpc) is 1.98. The molecule has 0 saturated heterocycles. The van der Waals surface area contributed by atoms with Crippen LogP contribution in [0.4, 0.5) is 0 Å². The summed E-state index contributed by atoms with van der Waals surface area (Å²) in [5.74, 6) is 0. The highest BCUT2D eigenvalue weighted by Gasteiger charge is 2.17. The summed E-state index contributed by atoms with van der Waals surface area (Å²) in [7, 11) is 1.34. The maximum Gasteiger partial charge on any atom is 0.262 e. The van der Waals surface area contributed by atoms with Crippen LogP contribution in [0.25, 0.3) is 0 Å². The monoisotopic (exact) mass is 322 g/mol. The molecule has 7 heteroatoms. The van der Waals surface area contributed by atoms with E-state index >= 15 is 0 Å². The van der Waals surface area contributed by atoms with Crippen molar-refractivity contribution in [1.29, 1.82) is 0 Å². The van der Waals surface area contributed by atoms with Gasteiger partial charge in [-0.3, -0.25) is 0 Å². The lowest BCUT2D eigenvalue weighted by Gasteiger charge is -2.03. The van der Waals surface area contributed by atoms with Crippen molar-refractivity contribution in [3.63, 3.8) is 0 Å². The zero-order valence-corrected chi connectivity index (χ0v) is 10.6. The third-order valence-corrected chi connectivity index (χ3v) is 4.75. The fourth-order valence-electron chi connectivity index (χ4n) is 0.696. The van der Waals surface area contributed by atoms with Gasteiger partial charge in [0, 0.05) is 10.7 Å². The second-order valence-electron chi connectivity index (χ2n) is 2.11. The maximum atomic E-state index is 11.0. The van der Waals surface area contributed by atoms with Crippen LogP contribution in [0, 0.1) is 0 Å². The van der Waals surface area contributed by atoms with Crippen LogP contribution in [-0.4, -0.2) is 8.42 Å².